The molecule has 0 aliphatic heterocycles. The quantitative estimate of drug-likeness (QED) is 0.805. The van der Waals surface area contributed by atoms with Crippen LogP contribution >= 0.6 is 11.5 Å². The van der Waals surface area contributed by atoms with E-state index in [-0.39, 0.29) is 23.0 Å². The maximum absolute atomic E-state index is 13.5. The Balaban J connectivity index is 2.35. The van der Waals surface area contributed by atoms with Gasteiger partial charge in [0.05, 0.1) is 12.2 Å². The Morgan fingerprint density at radius 3 is 2.94 bits per heavy atom. The number of halogens is 2. The summed E-state index contributed by atoms with van der Waals surface area (Å²) in [6.07, 6.45) is 0. The molecule has 0 saturated carbocycles. The first kappa shape index (κ1) is 12.6. The second-order valence-electron chi connectivity index (χ2n) is 3.27. The average Bonchev–Trinajstić information content (AvgIpc) is 2.82. The molecule has 18 heavy (non-hydrogen) atoms. The fourth-order valence-electron chi connectivity index (χ4n) is 1.28. The van der Waals surface area contributed by atoms with Gasteiger partial charge in [0.2, 0.25) is 5.01 Å². The van der Waals surface area contributed by atoms with Crippen molar-refractivity contribution in [3.63, 3.8) is 0 Å². The smallest absolute Gasteiger partial charge is 0.369 e. The van der Waals surface area contributed by atoms with Crippen LogP contribution in [0.5, 0.6) is 0 Å². The van der Waals surface area contributed by atoms with Crippen molar-refractivity contribution in [3.8, 4) is 11.4 Å². The number of nitrogens with zero attached hydrogens (tertiary/aromatic N) is 2. The van der Waals surface area contributed by atoms with Gasteiger partial charge >= 0.3 is 5.97 Å². The molecule has 0 unspecified atom stereocenters. The summed E-state index contributed by atoms with van der Waals surface area (Å²) in [6, 6.07) is 2.96. The highest BCUT2D eigenvalue weighted by atomic mass is 32.1. The Bertz CT molecular complexity index is 586. The van der Waals surface area contributed by atoms with Crippen molar-refractivity contribution in [2.24, 2.45) is 0 Å². The van der Waals surface area contributed by atoms with E-state index in [0.29, 0.717) is 0 Å². The predicted octanol–water partition coefficient (Wildman–Crippen LogP) is 2.66. The lowest BCUT2D eigenvalue weighted by molar-refractivity contribution is 0.0526. The molecule has 1 aromatic heterocycles. The van der Waals surface area contributed by atoms with Crippen molar-refractivity contribution >= 4 is 17.5 Å². The summed E-state index contributed by atoms with van der Waals surface area (Å²) in [7, 11) is 0. The number of benzene rings is 1. The first-order valence-corrected chi connectivity index (χ1v) is 5.85. The van der Waals surface area contributed by atoms with Crippen LogP contribution in [-0.2, 0) is 4.74 Å². The Labute approximate surface area is 105 Å². The van der Waals surface area contributed by atoms with Gasteiger partial charge in [0, 0.05) is 0 Å². The molecule has 0 spiro atoms. The third-order valence-corrected chi connectivity index (χ3v) is 2.74. The zero-order valence-corrected chi connectivity index (χ0v) is 10.1. The van der Waals surface area contributed by atoms with E-state index >= 15 is 0 Å². The van der Waals surface area contributed by atoms with E-state index in [9.17, 15) is 13.6 Å². The van der Waals surface area contributed by atoms with E-state index in [1.165, 1.54) is 0 Å². The maximum Gasteiger partial charge on any atom is 0.369 e. The number of ether oxygens (including phenoxy) is 1. The first-order valence-electron chi connectivity index (χ1n) is 5.08. The molecule has 0 saturated heterocycles. The number of rotatable bonds is 3. The number of esters is 1. The molecule has 94 valence electrons. The van der Waals surface area contributed by atoms with Crippen LogP contribution in [0.4, 0.5) is 8.78 Å². The lowest BCUT2D eigenvalue weighted by Gasteiger charge is -1.98. The molecule has 0 aliphatic carbocycles. The SMILES string of the molecule is CCOC(=O)c1nc(-c2cc(F)ccc2F)ns1. The molecule has 7 heteroatoms. The summed E-state index contributed by atoms with van der Waals surface area (Å²) in [5, 5.41) is 0.00973. The number of carbonyl (C=O) groups is 1. The van der Waals surface area contributed by atoms with Gasteiger partial charge in [0.25, 0.3) is 0 Å². The van der Waals surface area contributed by atoms with Gasteiger partial charge in [0.1, 0.15) is 11.6 Å². The molecular formula is C11H8F2N2O2S. The molecule has 2 rings (SSSR count). The molecule has 1 heterocycles. The van der Waals surface area contributed by atoms with E-state index in [1.54, 1.807) is 6.92 Å². The fourth-order valence-corrected chi connectivity index (χ4v) is 1.85. The van der Waals surface area contributed by atoms with Crippen LogP contribution in [0.15, 0.2) is 18.2 Å². The highest BCUT2D eigenvalue weighted by molar-refractivity contribution is 7.07. The topological polar surface area (TPSA) is 52.1 Å². The minimum Gasteiger partial charge on any atom is -0.461 e. The zero-order chi connectivity index (χ0) is 13.1. The molecule has 4 nitrogen and oxygen atoms in total. The van der Waals surface area contributed by atoms with Crippen molar-refractivity contribution in [1.82, 2.24) is 9.36 Å². The largest absolute Gasteiger partial charge is 0.461 e. The lowest BCUT2D eigenvalue weighted by Crippen LogP contribution is -2.03. The minimum atomic E-state index is -0.649. The molecule has 2 aromatic rings. The van der Waals surface area contributed by atoms with Gasteiger partial charge in [-0.05, 0) is 36.7 Å². The summed E-state index contributed by atoms with van der Waals surface area (Å²) in [4.78, 5) is 15.2. The molecular weight excluding hydrogens is 262 g/mol. The van der Waals surface area contributed by atoms with Crippen LogP contribution in [0.25, 0.3) is 11.4 Å². The third kappa shape index (κ3) is 2.51. The van der Waals surface area contributed by atoms with E-state index in [0.717, 1.165) is 29.7 Å². The van der Waals surface area contributed by atoms with Crippen molar-refractivity contribution in [2.45, 2.75) is 6.92 Å². The molecule has 0 bridgehead atoms. The van der Waals surface area contributed by atoms with Crippen LogP contribution in [0.3, 0.4) is 0 Å². The van der Waals surface area contributed by atoms with Crippen LogP contribution < -0.4 is 0 Å². The summed E-state index contributed by atoms with van der Waals surface area (Å²) in [6.45, 7) is 1.87. The van der Waals surface area contributed by atoms with Gasteiger partial charge in [0.15, 0.2) is 5.82 Å². The van der Waals surface area contributed by atoms with E-state index in [1.807, 2.05) is 0 Å². The highest BCUT2D eigenvalue weighted by Gasteiger charge is 2.17. The Hall–Kier alpha value is -1.89. The van der Waals surface area contributed by atoms with Crippen molar-refractivity contribution in [3.05, 3.63) is 34.8 Å². The monoisotopic (exact) mass is 270 g/mol. The van der Waals surface area contributed by atoms with Crippen LogP contribution in [0.2, 0.25) is 0 Å². The second-order valence-corrected chi connectivity index (χ2v) is 4.02. The number of carbonyl (C=O) groups excluding carboxylic acids is 1. The lowest BCUT2D eigenvalue weighted by atomic mass is 10.2. The van der Waals surface area contributed by atoms with Gasteiger partial charge in [-0.15, -0.1) is 0 Å². The van der Waals surface area contributed by atoms with Gasteiger partial charge < -0.3 is 4.74 Å². The summed E-state index contributed by atoms with van der Waals surface area (Å²) in [5.41, 5.74) is -0.0817. The fraction of sp³-hybridized carbons (Fsp3) is 0.182. The van der Waals surface area contributed by atoms with Gasteiger partial charge in [-0.1, -0.05) is 0 Å². The van der Waals surface area contributed by atoms with Crippen molar-refractivity contribution in [1.29, 1.82) is 0 Å². The number of hydrogen-bond acceptors (Lipinski definition) is 5. The van der Waals surface area contributed by atoms with Crippen LogP contribution in [-0.4, -0.2) is 21.9 Å². The molecule has 0 fully saturated rings. The van der Waals surface area contributed by atoms with Gasteiger partial charge in [-0.25, -0.2) is 18.6 Å². The average molecular weight is 270 g/mol. The summed E-state index contributed by atoms with van der Waals surface area (Å²) in [5.74, 6) is -1.90. The highest BCUT2D eigenvalue weighted by Crippen LogP contribution is 2.22. The van der Waals surface area contributed by atoms with Crippen molar-refractivity contribution in [2.75, 3.05) is 6.61 Å². The standard InChI is InChI=1S/C11H8F2N2O2S/c1-2-17-11(16)10-14-9(15-18-10)7-5-6(12)3-4-8(7)13/h3-5H,2H2,1H3. The molecule has 1 aromatic carbocycles. The second kappa shape index (κ2) is 5.18. The van der Waals surface area contributed by atoms with Gasteiger partial charge in [-0.3, -0.25) is 0 Å². The third-order valence-electron chi connectivity index (χ3n) is 2.05. The molecule has 0 radical (unpaired) electrons. The van der Waals surface area contributed by atoms with Crippen molar-refractivity contribution < 1.29 is 18.3 Å². The number of aromatic nitrogens is 2. The molecule has 0 amide bonds. The van der Waals surface area contributed by atoms with Gasteiger partial charge in [-0.2, -0.15) is 4.37 Å². The first-order chi connectivity index (χ1) is 8.61. The zero-order valence-electron chi connectivity index (χ0n) is 9.31. The molecule has 0 aliphatic rings. The van der Waals surface area contributed by atoms with E-state index in [4.69, 9.17) is 4.74 Å². The maximum atomic E-state index is 13.5. The molecule has 0 N–H and O–H groups in total. The normalized spacial score (nSPS) is 10.4. The van der Waals surface area contributed by atoms with E-state index < -0.39 is 17.6 Å². The Morgan fingerprint density at radius 2 is 2.22 bits per heavy atom. The minimum absolute atomic E-state index is 0.00973. The van der Waals surface area contributed by atoms with Crippen LogP contribution in [0.1, 0.15) is 16.7 Å². The Kier molecular flexibility index (Phi) is 3.61. The summed E-state index contributed by atoms with van der Waals surface area (Å²) >= 11 is 0.782. The summed E-state index contributed by atoms with van der Waals surface area (Å²) < 4.78 is 35.0. The predicted molar refractivity (Wildman–Crippen MR) is 61.2 cm³/mol. The Morgan fingerprint density at radius 1 is 1.44 bits per heavy atom. The number of hydrogen-bond donors (Lipinski definition) is 0. The molecule has 0 atom stereocenters. The van der Waals surface area contributed by atoms with Crippen LogP contribution in [0, 0.1) is 11.6 Å². The van der Waals surface area contributed by atoms with E-state index in [2.05, 4.69) is 9.36 Å².